The Bertz CT molecular complexity index is 2470. The van der Waals surface area contributed by atoms with Gasteiger partial charge in [-0.15, -0.1) is 0 Å². The summed E-state index contributed by atoms with van der Waals surface area (Å²) in [4.78, 5) is 11.7. The first kappa shape index (κ1) is 65.5. The molecule has 4 heteroatoms. The van der Waals surface area contributed by atoms with Gasteiger partial charge < -0.3 is 0 Å². The molecule has 3 nitrogen and oxygen atoms in total. The molecule has 536 valence electrons. The van der Waals surface area contributed by atoms with E-state index < -0.39 is 0 Å². The highest BCUT2D eigenvalue weighted by atomic mass is 15.3. The smallest absolute Gasteiger partial charge is 0.156 e. The largest absolute Gasteiger partial charge is 0.295 e. The standard InChI is InChI=1S/C92H150BN3/c1-6-25-59(26-7-1)66-50-53-83-79(55-66)93-80-56-67(69-52-49-65-37-21-45-77-76-44-20-35-64-36-22-46-78(87(64)76)89(69)88(65)77)51-54-84(80)96(92-72(62-31-12-4-13-32-62)42-24-43-73(92)63-33-14-5-15-34-63)86-58-68(94-81-47-18-16-38-74(81)75-39-17-19-48-82(75)94)57-85(90(86)93)95(83)91-70(60-27-8-2-9-28-60)40-23-41-71(91)61-29-10-3-11-30-61/h59-92H,1-58H2. The Hall–Kier alpha value is -0.0551. The molecule has 0 bridgehead atoms. The predicted octanol–water partition coefficient (Wildman–Crippen LogP) is 24.3. The second kappa shape index (κ2) is 28.3. The van der Waals surface area contributed by atoms with E-state index >= 15 is 0 Å². The zero-order valence-electron chi connectivity index (χ0n) is 62.6. The molecule has 3 saturated heterocycles. The maximum absolute atomic E-state index is 4.01. The molecule has 0 N–H and O–H groups in total. The fourth-order valence-corrected chi connectivity index (χ4v) is 36.8. The predicted molar refractivity (Wildman–Crippen MR) is 401 cm³/mol. The summed E-state index contributed by atoms with van der Waals surface area (Å²) in [5, 5.41) is 0. The van der Waals surface area contributed by atoms with E-state index in [9.17, 15) is 0 Å². The van der Waals surface area contributed by atoms with Gasteiger partial charge in [0.05, 0.1) is 0 Å². The summed E-state index contributed by atoms with van der Waals surface area (Å²) in [5.41, 5.74) is 0. The van der Waals surface area contributed by atoms with Crippen molar-refractivity contribution in [2.45, 2.75) is 444 Å². The van der Waals surface area contributed by atoms with E-state index in [0.717, 1.165) is 209 Å². The highest BCUT2D eigenvalue weighted by Crippen LogP contribution is 2.72. The van der Waals surface area contributed by atoms with Crippen molar-refractivity contribution >= 4 is 6.71 Å². The lowest BCUT2D eigenvalue weighted by molar-refractivity contribution is -0.168. The Morgan fingerprint density at radius 1 is 0.177 bits per heavy atom. The van der Waals surface area contributed by atoms with Crippen LogP contribution in [0.15, 0.2) is 0 Å². The first-order chi connectivity index (χ1) is 47.7. The van der Waals surface area contributed by atoms with Crippen molar-refractivity contribution in [3.8, 4) is 0 Å². The number of hydrogen-bond donors (Lipinski definition) is 0. The summed E-state index contributed by atoms with van der Waals surface area (Å²) in [6.45, 7) is 1.02. The van der Waals surface area contributed by atoms with E-state index in [1.165, 1.54) is 0 Å². The lowest BCUT2D eigenvalue weighted by Gasteiger charge is -2.72. The minimum Gasteiger partial charge on any atom is -0.295 e. The van der Waals surface area contributed by atoms with Gasteiger partial charge in [0.2, 0.25) is 0 Å². The normalized spacial score (nSPS) is 52.0. The molecular weight excluding hydrogens is 1160 g/mol. The van der Waals surface area contributed by atoms with Crippen molar-refractivity contribution in [3.63, 3.8) is 0 Å². The average Bonchev–Trinajstić information content (AvgIpc) is 0.696. The van der Waals surface area contributed by atoms with E-state index in [2.05, 4.69) is 14.7 Å². The van der Waals surface area contributed by atoms with Crippen LogP contribution in [-0.2, 0) is 0 Å². The molecule has 0 amide bonds. The zero-order chi connectivity index (χ0) is 63.0. The van der Waals surface area contributed by atoms with Crippen LogP contribution in [0.5, 0.6) is 0 Å². The van der Waals surface area contributed by atoms with Gasteiger partial charge in [0, 0.05) is 54.4 Å². The number of hydrogen-bond acceptors (Lipinski definition) is 3. The van der Waals surface area contributed by atoms with Crippen LogP contribution in [0.1, 0.15) is 372 Å². The van der Waals surface area contributed by atoms with Crippen molar-refractivity contribution in [1.82, 2.24) is 14.7 Å². The molecule has 20 fully saturated rings. The molecule has 0 aromatic heterocycles. The van der Waals surface area contributed by atoms with Gasteiger partial charge >= 0.3 is 0 Å². The Balaban J connectivity index is 0.775. The molecule has 0 aromatic carbocycles. The Labute approximate surface area is 592 Å². The summed E-state index contributed by atoms with van der Waals surface area (Å²) in [6, 6.07) is 7.96. The van der Waals surface area contributed by atoms with Crippen LogP contribution in [0.25, 0.3) is 0 Å². The molecule has 3 heterocycles. The van der Waals surface area contributed by atoms with Crippen LogP contribution in [0.3, 0.4) is 0 Å². The van der Waals surface area contributed by atoms with Crippen LogP contribution in [0.2, 0.25) is 17.5 Å². The van der Waals surface area contributed by atoms with Crippen LogP contribution in [0.4, 0.5) is 0 Å². The molecule has 20 aliphatic rings. The van der Waals surface area contributed by atoms with E-state index in [4.69, 9.17) is 0 Å². The minimum absolute atomic E-state index is 0.839. The van der Waals surface area contributed by atoms with Crippen molar-refractivity contribution in [2.24, 2.45) is 130 Å². The van der Waals surface area contributed by atoms with Crippen molar-refractivity contribution in [1.29, 1.82) is 0 Å². The summed E-state index contributed by atoms with van der Waals surface area (Å²) < 4.78 is 0. The molecule has 0 aromatic rings. The lowest BCUT2D eigenvalue weighted by Crippen LogP contribution is -2.78. The molecule has 0 radical (unpaired) electrons. The summed E-state index contributed by atoms with van der Waals surface area (Å²) >= 11 is 0. The van der Waals surface area contributed by atoms with E-state index in [1.807, 2.05) is 0 Å². The second-order valence-corrected chi connectivity index (χ2v) is 42.2. The fraction of sp³-hybridized carbons (Fsp3) is 1.00. The topological polar surface area (TPSA) is 9.72 Å². The van der Waals surface area contributed by atoms with E-state index in [1.54, 1.807) is 372 Å². The number of likely N-dealkylation sites (tertiary alicyclic amines) is 1. The Morgan fingerprint density at radius 2 is 0.531 bits per heavy atom. The van der Waals surface area contributed by atoms with E-state index in [0.29, 0.717) is 0 Å². The van der Waals surface area contributed by atoms with Gasteiger partial charge in [-0.25, -0.2) is 0 Å². The third-order valence-corrected chi connectivity index (χ3v) is 39.3. The fourth-order valence-electron chi connectivity index (χ4n) is 36.8. The van der Waals surface area contributed by atoms with E-state index in [-0.39, 0.29) is 0 Å². The highest BCUT2D eigenvalue weighted by molar-refractivity contribution is 6.65. The van der Waals surface area contributed by atoms with Crippen molar-refractivity contribution in [2.75, 3.05) is 0 Å². The maximum Gasteiger partial charge on any atom is 0.156 e. The molecule has 17 aliphatic carbocycles. The van der Waals surface area contributed by atoms with Gasteiger partial charge in [-0.2, -0.15) is 0 Å². The molecule has 3 aliphatic heterocycles. The summed E-state index contributed by atoms with van der Waals surface area (Å²) in [7, 11) is 0. The molecule has 27 atom stereocenters. The molecule has 96 heavy (non-hydrogen) atoms. The molecule has 17 saturated carbocycles. The molecule has 20 rings (SSSR count). The first-order valence-electron chi connectivity index (χ1n) is 47.0. The molecular formula is C92H150BN3. The van der Waals surface area contributed by atoms with Gasteiger partial charge in [-0.3, -0.25) is 14.7 Å². The minimum atomic E-state index is 0.839. The Kier molecular flexibility index (Phi) is 19.3. The quantitative estimate of drug-likeness (QED) is 0.213. The maximum atomic E-state index is 4.01. The number of nitrogens with zero attached hydrogens (tertiary/aromatic N) is 3. The van der Waals surface area contributed by atoms with Crippen molar-refractivity contribution in [3.05, 3.63) is 0 Å². The Morgan fingerprint density at radius 3 is 1.02 bits per heavy atom. The third-order valence-electron chi connectivity index (χ3n) is 39.3. The monoisotopic (exact) mass is 1310 g/mol. The number of rotatable bonds is 9. The molecule has 27 unspecified atom stereocenters. The highest BCUT2D eigenvalue weighted by Gasteiger charge is 2.70. The average molecular weight is 1310 g/mol. The first-order valence-corrected chi connectivity index (χ1v) is 47.0. The van der Waals surface area contributed by atoms with Gasteiger partial charge in [0.15, 0.2) is 6.71 Å². The number of fused-ring (bicyclic) bond motifs is 9. The van der Waals surface area contributed by atoms with Gasteiger partial charge in [0.25, 0.3) is 0 Å². The third kappa shape index (κ3) is 11.4. The van der Waals surface area contributed by atoms with Crippen LogP contribution in [0, 0.1) is 130 Å². The summed E-state index contributed by atoms with van der Waals surface area (Å²) in [6.07, 6.45) is 92.8. The van der Waals surface area contributed by atoms with Crippen LogP contribution < -0.4 is 0 Å². The molecule has 0 spiro atoms. The zero-order valence-corrected chi connectivity index (χ0v) is 62.6. The second-order valence-electron chi connectivity index (χ2n) is 42.2. The summed E-state index contributed by atoms with van der Waals surface area (Å²) in [5.74, 6) is 26.2. The van der Waals surface area contributed by atoms with Gasteiger partial charge in [-0.05, 0) is 270 Å². The van der Waals surface area contributed by atoms with Gasteiger partial charge in [-0.1, -0.05) is 250 Å². The van der Waals surface area contributed by atoms with Crippen molar-refractivity contribution < 1.29 is 0 Å². The van der Waals surface area contributed by atoms with Crippen LogP contribution in [-0.4, -0.2) is 75.8 Å². The van der Waals surface area contributed by atoms with Gasteiger partial charge in [0.1, 0.15) is 0 Å². The SMILES string of the molecule is C1CCC(C2CCC3C(C2)B2C4CC(C5CCC6CCCC7C8CCCC9CCCC(C98)C5C67)CCC4N(C4C(C5CCCCC5)CCCC4C4CCCCC4)C4CC(N5C6CCCCC6C6CCCCC65)CC(C24)N3C2C(C3CCCCC3)CCCC2C2CCCCC2)CC1. The van der Waals surface area contributed by atoms with Crippen LogP contribution >= 0.6 is 0 Å². The lowest BCUT2D eigenvalue weighted by atomic mass is 9.17.